The average molecular weight is 295 g/mol. The lowest BCUT2D eigenvalue weighted by Crippen LogP contribution is -2.58. The van der Waals surface area contributed by atoms with E-state index in [9.17, 15) is 9.59 Å². The normalized spacial score (nSPS) is 30.5. The summed E-state index contributed by atoms with van der Waals surface area (Å²) in [4.78, 5) is 28.6. The molecular formula is C15H25N3O3. The van der Waals surface area contributed by atoms with E-state index >= 15 is 0 Å². The highest BCUT2D eigenvalue weighted by molar-refractivity contribution is 6.35. The van der Waals surface area contributed by atoms with Crippen molar-refractivity contribution in [3.63, 3.8) is 0 Å². The maximum Gasteiger partial charge on any atom is 0.312 e. The van der Waals surface area contributed by atoms with E-state index in [1.165, 1.54) is 0 Å². The number of nitrogens with one attached hydrogen (secondary N) is 1. The van der Waals surface area contributed by atoms with Gasteiger partial charge in [-0.15, -0.1) is 0 Å². The molecule has 118 valence electrons. The Morgan fingerprint density at radius 3 is 2.71 bits per heavy atom. The topological polar surface area (TPSA) is 61.9 Å². The van der Waals surface area contributed by atoms with Gasteiger partial charge in [0.2, 0.25) is 0 Å². The van der Waals surface area contributed by atoms with E-state index in [0.717, 1.165) is 45.2 Å². The molecule has 6 heteroatoms. The molecule has 2 heterocycles. The van der Waals surface area contributed by atoms with Gasteiger partial charge in [-0.05, 0) is 25.8 Å². The molecular weight excluding hydrogens is 270 g/mol. The lowest BCUT2D eigenvalue weighted by Gasteiger charge is -2.43. The van der Waals surface area contributed by atoms with E-state index in [2.05, 4.69) is 5.32 Å². The number of carbonyl (C=O) groups is 2. The Bertz CT molecular complexity index is 392. The number of amides is 2. The second kappa shape index (κ2) is 6.75. The molecule has 0 radical (unpaired) electrons. The van der Waals surface area contributed by atoms with Crippen LogP contribution >= 0.6 is 0 Å². The second-order valence-electron chi connectivity index (χ2n) is 6.16. The molecule has 3 aliphatic rings. The Morgan fingerprint density at radius 1 is 0.952 bits per heavy atom. The second-order valence-corrected chi connectivity index (χ2v) is 6.16. The van der Waals surface area contributed by atoms with Gasteiger partial charge < -0.3 is 19.9 Å². The van der Waals surface area contributed by atoms with Crippen LogP contribution in [0.4, 0.5) is 0 Å². The summed E-state index contributed by atoms with van der Waals surface area (Å²) in [7, 11) is 0. The average Bonchev–Trinajstić information content (AvgIpc) is 2.82. The molecule has 1 N–H and O–H groups in total. The zero-order valence-electron chi connectivity index (χ0n) is 12.6. The van der Waals surface area contributed by atoms with Crippen LogP contribution in [-0.4, -0.2) is 73.1 Å². The summed E-state index contributed by atoms with van der Waals surface area (Å²) >= 11 is 0. The molecule has 3 rings (SSSR count). The number of fused-ring (bicyclic) bond motifs is 1. The fourth-order valence-corrected chi connectivity index (χ4v) is 3.66. The van der Waals surface area contributed by atoms with Crippen molar-refractivity contribution >= 4 is 11.8 Å². The van der Waals surface area contributed by atoms with Gasteiger partial charge in [-0.3, -0.25) is 9.59 Å². The summed E-state index contributed by atoms with van der Waals surface area (Å²) in [6.45, 7) is 4.10. The molecule has 1 aliphatic carbocycles. The summed E-state index contributed by atoms with van der Waals surface area (Å²) in [5.74, 6) is -0.651. The first kappa shape index (κ1) is 14.8. The first-order valence-electron chi connectivity index (χ1n) is 8.19. The zero-order valence-corrected chi connectivity index (χ0v) is 12.6. The van der Waals surface area contributed by atoms with E-state index < -0.39 is 0 Å². The van der Waals surface area contributed by atoms with Gasteiger partial charge in [-0.2, -0.15) is 0 Å². The standard InChI is InChI=1S/C15H25N3O3/c19-14(17-8-3-6-16-7-9-17)15(20)18-10-11-21-13-5-2-1-4-12(13)18/h12-13,16H,1-11H2. The summed E-state index contributed by atoms with van der Waals surface area (Å²) in [6, 6.07) is 0.106. The Kier molecular flexibility index (Phi) is 4.75. The highest BCUT2D eigenvalue weighted by Gasteiger charge is 2.39. The maximum absolute atomic E-state index is 12.6. The van der Waals surface area contributed by atoms with Crippen LogP contribution in [0.1, 0.15) is 32.1 Å². The van der Waals surface area contributed by atoms with Crippen LogP contribution in [0.3, 0.4) is 0 Å². The molecule has 0 bridgehead atoms. The van der Waals surface area contributed by atoms with Crippen LogP contribution in [-0.2, 0) is 14.3 Å². The van der Waals surface area contributed by atoms with Crippen LogP contribution in [0.5, 0.6) is 0 Å². The van der Waals surface area contributed by atoms with Crippen LogP contribution in [0.2, 0.25) is 0 Å². The smallest absolute Gasteiger partial charge is 0.312 e. The summed E-state index contributed by atoms with van der Waals surface area (Å²) in [5.41, 5.74) is 0. The van der Waals surface area contributed by atoms with Crippen LogP contribution in [0.15, 0.2) is 0 Å². The lowest BCUT2D eigenvalue weighted by molar-refractivity contribution is -0.162. The molecule has 0 spiro atoms. The monoisotopic (exact) mass is 295 g/mol. The van der Waals surface area contributed by atoms with Crippen LogP contribution in [0.25, 0.3) is 0 Å². The van der Waals surface area contributed by atoms with Crippen molar-refractivity contribution in [3.05, 3.63) is 0 Å². The van der Waals surface area contributed by atoms with Crippen molar-refractivity contribution in [2.45, 2.75) is 44.2 Å². The maximum atomic E-state index is 12.6. The van der Waals surface area contributed by atoms with Crippen molar-refractivity contribution in [1.29, 1.82) is 0 Å². The lowest BCUT2D eigenvalue weighted by atomic mass is 9.90. The third-order valence-corrected chi connectivity index (χ3v) is 4.80. The fourth-order valence-electron chi connectivity index (χ4n) is 3.66. The van der Waals surface area contributed by atoms with E-state index in [1.807, 2.05) is 0 Å². The van der Waals surface area contributed by atoms with E-state index in [4.69, 9.17) is 4.74 Å². The first-order valence-corrected chi connectivity index (χ1v) is 8.19. The Balaban J connectivity index is 1.66. The van der Waals surface area contributed by atoms with Gasteiger partial charge in [0, 0.05) is 26.2 Å². The quantitative estimate of drug-likeness (QED) is 0.638. The summed E-state index contributed by atoms with van der Waals surface area (Å²) in [6.07, 6.45) is 5.30. The Hall–Kier alpha value is -1.14. The van der Waals surface area contributed by atoms with Gasteiger partial charge in [0.1, 0.15) is 0 Å². The third kappa shape index (κ3) is 3.21. The molecule has 21 heavy (non-hydrogen) atoms. The molecule has 2 aliphatic heterocycles. The summed E-state index contributed by atoms with van der Waals surface area (Å²) < 4.78 is 5.78. The first-order chi connectivity index (χ1) is 10.3. The van der Waals surface area contributed by atoms with E-state index in [-0.39, 0.29) is 24.0 Å². The number of rotatable bonds is 0. The van der Waals surface area contributed by atoms with Crippen molar-refractivity contribution in [1.82, 2.24) is 15.1 Å². The molecule has 3 fully saturated rings. The minimum Gasteiger partial charge on any atom is -0.374 e. The zero-order chi connectivity index (χ0) is 14.7. The van der Waals surface area contributed by atoms with Gasteiger partial charge in [0.15, 0.2) is 0 Å². The SMILES string of the molecule is O=C(C(=O)N1CCOC2CCCCC21)N1CCCNCC1. The molecule has 0 aromatic heterocycles. The van der Waals surface area contributed by atoms with Gasteiger partial charge in [-0.25, -0.2) is 0 Å². The van der Waals surface area contributed by atoms with Crippen molar-refractivity contribution in [2.75, 3.05) is 39.3 Å². The Labute approximate surface area is 125 Å². The van der Waals surface area contributed by atoms with E-state index in [0.29, 0.717) is 26.2 Å². The van der Waals surface area contributed by atoms with E-state index in [1.54, 1.807) is 9.80 Å². The molecule has 1 saturated carbocycles. The predicted octanol–water partition coefficient (Wildman–Crippen LogP) is -0.0217. The Morgan fingerprint density at radius 2 is 1.81 bits per heavy atom. The fraction of sp³-hybridized carbons (Fsp3) is 0.867. The molecule has 0 aromatic carbocycles. The number of hydrogen-bond acceptors (Lipinski definition) is 4. The predicted molar refractivity (Wildman–Crippen MR) is 77.8 cm³/mol. The summed E-state index contributed by atoms with van der Waals surface area (Å²) in [5, 5.41) is 3.26. The number of morpholine rings is 1. The minimum atomic E-state index is -0.329. The highest BCUT2D eigenvalue weighted by Crippen LogP contribution is 2.28. The number of ether oxygens (including phenoxy) is 1. The van der Waals surface area contributed by atoms with Gasteiger partial charge in [0.05, 0.1) is 18.8 Å². The van der Waals surface area contributed by atoms with Gasteiger partial charge in [-0.1, -0.05) is 12.8 Å². The largest absolute Gasteiger partial charge is 0.374 e. The van der Waals surface area contributed by atoms with Crippen LogP contribution in [0, 0.1) is 0 Å². The highest BCUT2D eigenvalue weighted by atomic mass is 16.5. The number of nitrogens with zero attached hydrogens (tertiary/aromatic N) is 2. The molecule has 6 nitrogen and oxygen atoms in total. The molecule has 0 aromatic rings. The van der Waals surface area contributed by atoms with Crippen molar-refractivity contribution in [2.24, 2.45) is 0 Å². The van der Waals surface area contributed by atoms with Crippen LogP contribution < -0.4 is 5.32 Å². The van der Waals surface area contributed by atoms with Crippen molar-refractivity contribution < 1.29 is 14.3 Å². The molecule has 2 atom stereocenters. The van der Waals surface area contributed by atoms with Gasteiger partial charge in [0.25, 0.3) is 0 Å². The van der Waals surface area contributed by atoms with Gasteiger partial charge >= 0.3 is 11.8 Å². The molecule has 2 saturated heterocycles. The molecule has 2 unspecified atom stereocenters. The number of carbonyl (C=O) groups excluding carboxylic acids is 2. The minimum absolute atomic E-state index is 0.106. The third-order valence-electron chi connectivity index (χ3n) is 4.80. The molecule has 2 amide bonds. The number of hydrogen-bond donors (Lipinski definition) is 1. The van der Waals surface area contributed by atoms with Crippen molar-refractivity contribution in [3.8, 4) is 0 Å².